The van der Waals surface area contributed by atoms with Crippen molar-refractivity contribution in [3.05, 3.63) is 28.1 Å². The van der Waals surface area contributed by atoms with Crippen molar-refractivity contribution in [1.29, 1.82) is 5.41 Å². The number of amidine groups is 1. The van der Waals surface area contributed by atoms with Crippen molar-refractivity contribution in [1.82, 2.24) is 25.4 Å². The van der Waals surface area contributed by atoms with E-state index in [-0.39, 0.29) is 12.1 Å². The van der Waals surface area contributed by atoms with E-state index < -0.39 is 0 Å². The first-order valence-electron chi connectivity index (χ1n) is 7.93. The highest BCUT2D eigenvalue weighted by atomic mass is 79.9. The van der Waals surface area contributed by atoms with Gasteiger partial charge in [0, 0.05) is 43.2 Å². The molecular weight excluding hydrogens is 358 g/mol. The second-order valence-electron chi connectivity index (χ2n) is 6.29. The van der Waals surface area contributed by atoms with E-state index >= 15 is 0 Å². The number of piperidine rings is 1. The lowest BCUT2D eigenvalue weighted by atomic mass is 9.92. The van der Waals surface area contributed by atoms with Crippen LogP contribution in [0.5, 0.6) is 0 Å². The maximum Gasteiger partial charge on any atom is 0.159 e. The van der Waals surface area contributed by atoms with Gasteiger partial charge in [-0.15, -0.1) is 0 Å². The fraction of sp³-hybridized carbons (Fsp3) is 0.533. The molecule has 1 aromatic heterocycles. The van der Waals surface area contributed by atoms with Crippen LogP contribution < -0.4 is 10.6 Å². The van der Waals surface area contributed by atoms with E-state index in [0.717, 1.165) is 35.3 Å². The van der Waals surface area contributed by atoms with Gasteiger partial charge < -0.3 is 10.6 Å². The molecule has 4 rings (SSSR count). The molecule has 7 nitrogen and oxygen atoms in total. The van der Waals surface area contributed by atoms with E-state index in [2.05, 4.69) is 36.8 Å². The number of rotatable bonds is 2. The van der Waals surface area contributed by atoms with E-state index in [0.29, 0.717) is 11.8 Å². The van der Waals surface area contributed by atoms with Gasteiger partial charge in [0.2, 0.25) is 0 Å². The standard InChI is InChI=1S/C15H20BrN7/c1-22-8-10(6-19-22)11-7-20-23-14(17)12(16)13(21-15(11)23)9-3-2-4-18-5-9/h6-9,11,15,17-18,21H,2-5H2,1H3/t9-,11?,15?/m1/s1. The van der Waals surface area contributed by atoms with E-state index in [1.165, 1.54) is 6.42 Å². The Balaban J connectivity index is 1.63. The first kappa shape index (κ1) is 14.9. The molecule has 1 fully saturated rings. The highest BCUT2D eigenvalue weighted by Gasteiger charge is 2.41. The van der Waals surface area contributed by atoms with Gasteiger partial charge in [0.1, 0.15) is 6.17 Å². The lowest BCUT2D eigenvalue weighted by molar-refractivity contribution is 0.273. The summed E-state index contributed by atoms with van der Waals surface area (Å²) in [5.74, 6) is 0.934. The minimum Gasteiger partial charge on any atom is -0.365 e. The summed E-state index contributed by atoms with van der Waals surface area (Å²) in [4.78, 5) is 0. The predicted octanol–water partition coefficient (Wildman–Crippen LogP) is 1.32. The summed E-state index contributed by atoms with van der Waals surface area (Å²) in [7, 11) is 1.92. The molecule has 2 unspecified atom stereocenters. The predicted molar refractivity (Wildman–Crippen MR) is 92.5 cm³/mol. The largest absolute Gasteiger partial charge is 0.365 e. The van der Waals surface area contributed by atoms with Crippen LogP contribution in [0.4, 0.5) is 0 Å². The number of hydrogen-bond acceptors (Lipinski definition) is 5. The molecule has 3 aliphatic rings. The molecule has 0 aromatic carbocycles. The summed E-state index contributed by atoms with van der Waals surface area (Å²) < 4.78 is 2.63. The molecule has 3 aliphatic heterocycles. The van der Waals surface area contributed by atoms with Crippen molar-refractivity contribution in [2.75, 3.05) is 13.1 Å². The Bertz CT molecular complexity index is 686. The van der Waals surface area contributed by atoms with Crippen LogP contribution in [0.15, 0.2) is 27.7 Å². The Kier molecular flexibility index (Phi) is 3.73. The second kappa shape index (κ2) is 5.76. The van der Waals surface area contributed by atoms with Gasteiger partial charge in [-0.3, -0.25) is 10.1 Å². The first-order valence-corrected chi connectivity index (χ1v) is 8.72. The van der Waals surface area contributed by atoms with Crippen molar-refractivity contribution in [3.8, 4) is 0 Å². The average Bonchev–Trinajstić information content (AvgIpc) is 3.17. The molecule has 23 heavy (non-hydrogen) atoms. The molecule has 0 amide bonds. The van der Waals surface area contributed by atoms with Gasteiger partial charge in [-0.25, -0.2) is 5.01 Å². The van der Waals surface area contributed by atoms with E-state index in [9.17, 15) is 0 Å². The Morgan fingerprint density at radius 3 is 3.00 bits per heavy atom. The molecule has 0 bridgehead atoms. The SMILES string of the molecule is Cn1cc(C2C=NN3C(=N)C(Br)=C([C@@H]4CCCNC4)NC23)cn1. The molecule has 0 aliphatic carbocycles. The van der Waals surface area contributed by atoms with E-state index in [1.54, 1.807) is 9.69 Å². The molecule has 0 saturated carbocycles. The minimum absolute atomic E-state index is 0.0510. The number of aryl methyl sites for hydroxylation is 1. The Hall–Kier alpha value is -1.67. The number of hydrogen-bond donors (Lipinski definition) is 3. The zero-order chi connectivity index (χ0) is 16.0. The van der Waals surface area contributed by atoms with Crippen molar-refractivity contribution in [2.24, 2.45) is 18.1 Å². The van der Waals surface area contributed by atoms with Crippen molar-refractivity contribution < 1.29 is 0 Å². The van der Waals surface area contributed by atoms with Crippen LogP contribution in [0.25, 0.3) is 0 Å². The monoisotopic (exact) mass is 377 g/mol. The van der Waals surface area contributed by atoms with Crippen LogP contribution in [0, 0.1) is 11.3 Å². The lowest BCUT2D eigenvalue weighted by Gasteiger charge is -2.38. The van der Waals surface area contributed by atoms with Crippen LogP contribution in [-0.2, 0) is 7.05 Å². The lowest BCUT2D eigenvalue weighted by Crippen LogP contribution is -2.52. The van der Waals surface area contributed by atoms with Gasteiger partial charge in [-0.1, -0.05) is 0 Å². The van der Waals surface area contributed by atoms with Crippen LogP contribution in [0.2, 0.25) is 0 Å². The molecule has 0 spiro atoms. The highest BCUT2D eigenvalue weighted by Crippen LogP contribution is 2.35. The molecule has 1 aromatic rings. The third kappa shape index (κ3) is 2.49. The Labute approximate surface area is 143 Å². The smallest absolute Gasteiger partial charge is 0.159 e. The van der Waals surface area contributed by atoms with Crippen LogP contribution in [-0.4, -0.2) is 46.1 Å². The first-order chi connectivity index (χ1) is 11.1. The van der Waals surface area contributed by atoms with Gasteiger partial charge in [0.25, 0.3) is 0 Å². The number of nitrogens with one attached hydrogen (secondary N) is 3. The molecular formula is C15H20BrN7. The van der Waals surface area contributed by atoms with Crippen molar-refractivity contribution in [2.45, 2.75) is 24.9 Å². The molecule has 3 atom stereocenters. The van der Waals surface area contributed by atoms with E-state index in [1.807, 2.05) is 25.7 Å². The number of aromatic nitrogens is 2. The van der Waals surface area contributed by atoms with Gasteiger partial charge in [-0.2, -0.15) is 10.2 Å². The summed E-state index contributed by atoms with van der Waals surface area (Å²) >= 11 is 3.61. The third-order valence-electron chi connectivity index (χ3n) is 4.75. The number of nitrogens with zero attached hydrogens (tertiary/aromatic N) is 4. The maximum atomic E-state index is 8.46. The maximum absolute atomic E-state index is 8.46. The van der Waals surface area contributed by atoms with Crippen LogP contribution in [0.1, 0.15) is 24.3 Å². The van der Waals surface area contributed by atoms with Gasteiger partial charge >= 0.3 is 0 Å². The quantitative estimate of drug-likeness (QED) is 0.725. The van der Waals surface area contributed by atoms with Crippen LogP contribution >= 0.6 is 15.9 Å². The van der Waals surface area contributed by atoms with Crippen LogP contribution in [0.3, 0.4) is 0 Å². The molecule has 3 N–H and O–H groups in total. The number of fused-ring (bicyclic) bond motifs is 1. The Morgan fingerprint density at radius 2 is 2.30 bits per heavy atom. The topological polar surface area (TPSA) is 81.3 Å². The highest BCUT2D eigenvalue weighted by molar-refractivity contribution is 9.12. The summed E-state index contributed by atoms with van der Waals surface area (Å²) in [6.07, 6.45) is 8.06. The molecule has 1 saturated heterocycles. The molecule has 8 heteroatoms. The fourth-order valence-corrected chi connectivity index (χ4v) is 4.14. The molecule has 4 heterocycles. The second-order valence-corrected chi connectivity index (χ2v) is 7.08. The fourth-order valence-electron chi connectivity index (χ4n) is 3.52. The van der Waals surface area contributed by atoms with Gasteiger partial charge in [-0.05, 0) is 35.3 Å². The van der Waals surface area contributed by atoms with Crippen molar-refractivity contribution >= 4 is 28.0 Å². The normalized spacial score (nSPS) is 30.6. The van der Waals surface area contributed by atoms with E-state index in [4.69, 9.17) is 5.41 Å². The third-order valence-corrected chi connectivity index (χ3v) is 5.55. The summed E-state index contributed by atoms with van der Waals surface area (Å²) in [6, 6.07) is 0. The van der Waals surface area contributed by atoms with Gasteiger partial charge in [0.05, 0.1) is 16.6 Å². The van der Waals surface area contributed by atoms with Gasteiger partial charge in [0.15, 0.2) is 5.84 Å². The summed E-state index contributed by atoms with van der Waals surface area (Å²) in [5, 5.41) is 26.0. The van der Waals surface area contributed by atoms with Crippen molar-refractivity contribution in [3.63, 3.8) is 0 Å². The minimum atomic E-state index is -0.0510. The summed E-state index contributed by atoms with van der Waals surface area (Å²) in [5.41, 5.74) is 2.24. The number of hydrazone groups is 1. The zero-order valence-electron chi connectivity index (χ0n) is 13.0. The number of halogens is 1. The Morgan fingerprint density at radius 1 is 1.43 bits per heavy atom. The molecule has 122 valence electrons. The molecule has 0 radical (unpaired) electrons. The average molecular weight is 378 g/mol. The summed E-state index contributed by atoms with van der Waals surface area (Å²) in [6.45, 7) is 2.03. The zero-order valence-corrected chi connectivity index (χ0v) is 14.5.